The normalized spacial score (nSPS) is 19.4. The van der Waals surface area contributed by atoms with Gasteiger partial charge in [-0.25, -0.2) is 4.79 Å². The number of hydrogen-bond donors (Lipinski definition) is 0. The number of hydrogen-bond acceptors (Lipinski definition) is 7. The van der Waals surface area contributed by atoms with E-state index in [1.54, 1.807) is 50.4 Å². The minimum absolute atomic E-state index is 0.0666. The molecule has 2 aromatic rings. The van der Waals surface area contributed by atoms with Crippen molar-refractivity contribution in [2.75, 3.05) is 6.61 Å². The maximum absolute atomic E-state index is 14.0. The Morgan fingerprint density at radius 2 is 1.60 bits per heavy atom. The minimum Gasteiger partial charge on any atom is -0.464 e. The van der Waals surface area contributed by atoms with Crippen LogP contribution in [0.3, 0.4) is 0 Å². The fourth-order valence-corrected chi connectivity index (χ4v) is 5.45. The molecule has 1 amide bonds. The van der Waals surface area contributed by atoms with Gasteiger partial charge in [0.05, 0.1) is 25.2 Å². The molecule has 0 radical (unpaired) electrons. The van der Waals surface area contributed by atoms with E-state index in [4.69, 9.17) is 18.9 Å². The van der Waals surface area contributed by atoms with Gasteiger partial charge in [-0.3, -0.25) is 14.5 Å². The molecule has 8 nitrogen and oxygen atoms in total. The Hall–Kier alpha value is -3.27. The predicted molar refractivity (Wildman–Crippen MR) is 169 cm³/mol. The summed E-state index contributed by atoms with van der Waals surface area (Å²) in [5.74, 6) is -2.20. The van der Waals surface area contributed by atoms with Crippen LogP contribution < -0.4 is 0 Å². The Labute approximate surface area is 257 Å². The van der Waals surface area contributed by atoms with Crippen LogP contribution in [-0.2, 0) is 28.5 Å². The zero-order chi connectivity index (χ0) is 31.8. The lowest BCUT2D eigenvalue weighted by atomic mass is 10.0. The highest BCUT2D eigenvalue weighted by molar-refractivity contribution is 6.76. The second-order valence-corrected chi connectivity index (χ2v) is 19.2. The van der Waals surface area contributed by atoms with Gasteiger partial charge in [-0.1, -0.05) is 68.2 Å². The van der Waals surface area contributed by atoms with Crippen molar-refractivity contribution >= 4 is 25.9 Å². The zero-order valence-corrected chi connectivity index (χ0v) is 27.8. The van der Waals surface area contributed by atoms with Gasteiger partial charge in [-0.15, -0.1) is 0 Å². The van der Waals surface area contributed by atoms with E-state index in [2.05, 4.69) is 19.6 Å². The minimum atomic E-state index is -1.46. The number of rotatable bonds is 11. The fraction of sp³-hybridized carbons (Fsp3) is 0.500. The van der Waals surface area contributed by atoms with Crippen molar-refractivity contribution < 1.29 is 33.3 Å². The molecule has 1 unspecified atom stereocenters. The van der Waals surface area contributed by atoms with Gasteiger partial charge in [0.15, 0.2) is 11.8 Å². The molecule has 1 saturated heterocycles. The zero-order valence-electron chi connectivity index (χ0n) is 26.8. The molecular formula is C34H47NO7Si. The molecule has 1 fully saturated rings. The number of carbonyl (C=O) groups excluding carboxylic acids is 3. The summed E-state index contributed by atoms with van der Waals surface area (Å²) in [7, 11) is -1.46. The highest BCUT2D eigenvalue weighted by atomic mass is 28.3. The SMILES string of the molecule is CC(C)(C)OC(=O)C[C@H]1C[C@@H](/C=C/N(C(=O)c2ccccc2)C(C(=O)OCC[Si](C)(C)C)c2ccccc2)OC(C)(C)O1. The van der Waals surface area contributed by atoms with Crippen LogP contribution in [0.25, 0.3) is 0 Å². The summed E-state index contributed by atoms with van der Waals surface area (Å²) < 4.78 is 23.5. The van der Waals surface area contributed by atoms with Gasteiger partial charge < -0.3 is 18.9 Å². The molecule has 0 spiro atoms. The molecule has 1 heterocycles. The van der Waals surface area contributed by atoms with E-state index in [1.165, 1.54) is 4.90 Å². The average Bonchev–Trinajstić information content (AvgIpc) is 2.88. The van der Waals surface area contributed by atoms with Crippen LogP contribution in [-0.4, -0.2) is 61.0 Å². The van der Waals surface area contributed by atoms with Gasteiger partial charge in [0.25, 0.3) is 5.91 Å². The van der Waals surface area contributed by atoms with Crippen LogP contribution in [0.15, 0.2) is 72.9 Å². The Bertz CT molecular complexity index is 1250. The summed E-state index contributed by atoms with van der Waals surface area (Å²) in [6.45, 7) is 16.0. The fourth-order valence-electron chi connectivity index (χ4n) is 4.73. The number of benzene rings is 2. The number of carbonyl (C=O) groups is 3. The van der Waals surface area contributed by atoms with Crippen molar-refractivity contribution in [2.24, 2.45) is 0 Å². The van der Waals surface area contributed by atoms with Crippen LogP contribution in [0.2, 0.25) is 25.7 Å². The lowest BCUT2D eigenvalue weighted by Crippen LogP contribution is -2.45. The molecule has 1 aliphatic rings. The van der Waals surface area contributed by atoms with Gasteiger partial charge in [0.1, 0.15) is 5.60 Å². The number of ether oxygens (including phenoxy) is 4. The van der Waals surface area contributed by atoms with Crippen molar-refractivity contribution in [3.63, 3.8) is 0 Å². The predicted octanol–water partition coefficient (Wildman–Crippen LogP) is 6.91. The second-order valence-electron chi connectivity index (χ2n) is 13.5. The van der Waals surface area contributed by atoms with Crippen LogP contribution in [0.5, 0.6) is 0 Å². The summed E-state index contributed by atoms with van der Waals surface area (Å²) in [5.41, 5.74) is 0.454. The quantitative estimate of drug-likeness (QED) is 0.202. The standard InChI is InChI=1S/C34H47NO7Si/c1-33(2,3)42-29(36)24-28-23-27(40-34(4,5)41-28)19-20-35(31(37)26-17-13-10-14-18-26)30(25-15-11-9-12-16-25)32(38)39-21-22-43(6,7)8/h9-20,27-28,30H,21-24H2,1-8H3/b20-19+/t27-,28-,30?/m1/s1. The highest BCUT2D eigenvalue weighted by Gasteiger charge is 2.37. The lowest BCUT2D eigenvalue weighted by Gasteiger charge is -2.40. The third-order valence-electron chi connectivity index (χ3n) is 6.62. The number of nitrogens with zero attached hydrogens (tertiary/aromatic N) is 1. The first kappa shape index (κ1) is 34.2. The summed E-state index contributed by atoms with van der Waals surface area (Å²) in [6, 6.07) is 17.8. The summed E-state index contributed by atoms with van der Waals surface area (Å²) >= 11 is 0. The van der Waals surface area contributed by atoms with Gasteiger partial charge in [0.2, 0.25) is 0 Å². The van der Waals surface area contributed by atoms with E-state index in [-0.39, 0.29) is 18.3 Å². The van der Waals surface area contributed by atoms with Crippen LogP contribution in [0.1, 0.15) is 69.4 Å². The van der Waals surface area contributed by atoms with Crippen LogP contribution in [0.4, 0.5) is 0 Å². The topological polar surface area (TPSA) is 91.4 Å². The molecule has 9 heteroatoms. The number of esters is 2. The molecule has 2 aromatic carbocycles. The molecule has 0 aromatic heterocycles. The van der Waals surface area contributed by atoms with Crippen molar-refractivity contribution in [2.45, 2.75) is 103 Å². The second kappa shape index (κ2) is 14.5. The summed E-state index contributed by atoms with van der Waals surface area (Å²) in [5, 5.41) is 0. The Morgan fingerprint density at radius 3 is 2.19 bits per heavy atom. The Kier molecular flexibility index (Phi) is 11.5. The largest absolute Gasteiger partial charge is 0.464 e. The molecule has 234 valence electrons. The molecular weight excluding hydrogens is 562 g/mol. The Balaban J connectivity index is 1.94. The van der Waals surface area contributed by atoms with E-state index in [1.807, 2.05) is 57.2 Å². The number of amides is 1. The molecule has 0 N–H and O–H groups in total. The monoisotopic (exact) mass is 609 g/mol. The smallest absolute Gasteiger partial charge is 0.333 e. The maximum Gasteiger partial charge on any atom is 0.333 e. The highest BCUT2D eigenvalue weighted by Crippen LogP contribution is 2.31. The van der Waals surface area contributed by atoms with Gasteiger partial charge in [-0.2, -0.15) is 0 Å². The van der Waals surface area contributed by atoms with E-state index in [9.17, 15) is 14.4 Å². The maximum atomic E-state index is 14.0. The molecule has 1 aliphatic heterocycles. The molecule has 43 heavy (non-hydrogen) atoms. The summed E-state index contributed by atoms with van der Waals surface area (Å²) in [4.78, 5) is 41.7. The molecule has 3 rings (SSSR count). The van der Waals surface area contributed by atoms with Crippen molar-refractivity contribution in [3.05, 3.63) is 84.1 Å². The van der Waals surface area contributed by atoms with Crippen molar-refractivity contribution in [1.29, 1.82) is 0 Å². The Morgan fingerprint density at radius 1 is 1.00 bits per heavy atom. The van der Waals surface area contributed by atoms with E-state index < -0.39 is 43.7 Å². The first-order chi connectivity index (χ1) is 20.0. The van der Waals surface area contributed by atoms with E-state index in [0.29, 0.717) is 24.2 Å². The van der Waals surface area contributed by atoms with Crippen LogP contribution in [0, 0.1) is 0 Å². The van der Waals surface area contributed by atoms with Gasteiger partial charge in [0, 0.05) is 26.3 Å². The average molecular weight is 610 g/mol. The van der Waals surface area contributed by atoms with E-state index in [0.717, 1.165) is 6.04 Å². The van der Waals surface area contributed by atoms with Crippen molar-refractivity contribution in [3.8, 4) is 0 Å². The van der Waals surface area contributed by atoms with Crippen LogP contribution >= 0.6 is 0 Å². The third kappa shape index (κ3) is 11.4. The van der Waals surface area contributed by atoms with E-state index >= 15 is 0 Å². The third-order valence-corrected chi connectivity index (χ3v) is 8.33. The summed E-state index contributed by atoms with van der Waals surface area (Å²) in [6.07, 6.45) is 2.83. The molecule has 0 bridgehead atoms. The van der Waals surface area contributed by atoms with Gasteiger partial charge >= 0.3 is 11.9 Å². The lowest BCUT2D eigenvalue weighted by molar-refractivity contribution is -0.290. The first-order valence-corrected chi connectivity index (χ1v) is 18.6. The molecule has 0 aliphatic carbocycles. The molecule has 0 saturated carbocycles. The first-order valence-electron chi connectivity index (χ1n) is 14.9. The van der Waals surface area contributed by atoms with Gasteiger partial charge in [-0.05, 0) is 64.4 Å². The molecule has 3 atom stereocenters. The van der Waals surface area contributed by atoms with Crippen molar-refractivity contribution in [1.82, 2.24) is 4.90 Å².